The second-order valence-electron chi connectivity index (χ2n) is 11.3. The van der Waals surface area contributed by atoms with Crippen LogP contribution in [0.3, 0.4) is 0 Å². The van der Waals surface area contributed by atoms with Gasteiger partial charge in [-0.2, -0.15) is 13.2 Å². The normalized spacial score (nSPS) is 14.7. The van der Waals surface area contributed by atoms with E-state index >= 15 is 0 Å². The van der Waals surface area contributed by atoms with Crippen LogP contribution in [0.5, 0.6) is 0 Å². The number of nitrogens with zero attached hydrogens (tertiary/aromatic N) is 3. The van der Waals surface area contributed by atoms with Crippen LogP contribution < -0.4 is 0 Å². The monoisotopic (exact) mass is 645 g/mol. The Morgan fingerprint density at radius 1 is 0.761 bits per heavy atom. The van der Waals surface area contributed by atoms with E-state index in [4.69, 9.17) is 11.6 Å². The molecular weight excluding hydrogens is 611 g/mol. The predicted octanol–water partition coefficient (Wildman–Crippen LogP) is 7.36. The van der Waals surface area contributed by atoms with Crippen molar-refractivity contribution in [3.05, 3.63) is 148 Å². The van der Waals surface area contributed by atoms with Crippen LogP contribution in [0.25, 0.3) is 6.08 Å². The maximum atomic E-state index is 14.3. The van der Waals surface area contributed by atoms with E-state index in [0.29, 0.717) is 43.2 Å². The molecule has 0 saturated carbocycles. The number of hydrogen-bond acceptors (Lipinski definition) is 3. The Balaban J connectivity index is 1.40. The predicted molar refractivity (Wildman–Crippen MR) is 175 cm³/mol. The van der Waals surface area contributed by atoms with Crippen LogP contribution in [-0.4, -0.2) is 58.7 Å². The van der Waals surface area contributed by atoms with Crippen molar-refractivity contribution in [2.24, 2.45) is 0 Å². The van der Waals surface area contributed by atoms with Crippen LogP contribution >= 0.6 is 11.6 Å². The van der Waals surface area contributed by atoms with Gasteiger partial charge in [-0.25, -0.2) is 0 Å². The summed E-state index contributed by atoms with van der Waals surface area (Å²) in [6.07, 6.45) is -1.35. The molecule has 238 valence electrons. The van der Waals surface area contributed by atoms with Crippen LogP contribution in [0.1, 0.15) is 27.8 Å². The van der Waals surface area contributed by atoms with Gasteiger partial charge in [0.15, 0.2) is 0 Å². The molecule has 9 heteroatoms. The molecule has 4 aromatic carbocycles. The fourth-order valence-corrected chi connectivity index (χ4v) is 5.65. The fourth-order valence-electron chi connectivity index (χ4n) is 5.52. The Morgan fingerprint density at radius 3 is 1.93 bits per heavy atom. The van der Waals surface area contributed by atoms with Gasteiger partial charge in [0, 0.05) is 56.8 Å². The number of carbonyl (C=O) groups is 2. The Labute approximate surface area is 272 Å². The van der Waals surface area contributed by atoms with Crippen molar-refractivity contribution in [3.8, 4) is 0 Å². The molecule has 0 spiro atoms. The molecule has 1 saturated heterocycles. The number of carbonyl (C=O) groups excluding carboxylic acids is 2. The second-order valence-corrected chi connectivity index (χ2v) is 11.8. The van der Waals surface area contributed by atoms with Gasteiger partial charge in [0.05, 0.1) is 5.56 Å². The molecule has 2 amide bonds. The average molecular weight is 646 g/mol. The van der Waals surface area contributed by atoms with Gasteiger partial charge < -0.3 is 9.80 Å². The molecule has 1 atom stereocenters. The van der Waals surface area contributed by atoms with E-state index in [0.717, 1.165) is 29.8 Å². The Hall–Kier alpha value is -4.40. The zero-order valence-electron chi connectivity index (χ0n) is 25.2. The summed E-state index contributed by atoms with van der Waals surface area (Å²) in [6.45, 7) is 3.41. The topological polar surface area (TPSA) is 43.9 Å². The van der Waals surface area contributed by atoms with Crippen molar-refractivity contribution in [2.75, 3.05) is 26.2 Å². The SMILES string of the molecule is O=C([C@H](Cc1ccccc1)N(Cc1ccc(Cl)cc1)C(=O)C=Cc1ccc(C(F)(F)F)cc1)N1CCN(Cc2ccccc2)CC1. The third kappa shape index (κ3) is 9.08. The summed E-state index contributed by atoms with van der Waals surface area (Å²) in [4.78, 5) is 34.0. The Kier molecular flexibility index (Phi) is 10.9. The van der Waals surface area contributed by atoms with Gasteiger partial charge in [-0.05, 0) is 52.6 Å². The zero-order valence-corrected chi connectivity index (χ0v) is 26.0. The van der Waals surface area contributed by atoms with Crippen LogP contribution in [0.15, 0.2) is 115 Å². The molecule has 0 unspecified atom stereocenters. The molecule has 0 aromatic heterocycles. The van der Waals surface area contributed by atoms with Gasteiger partial charge in [-0.3, -0.25) is 14.5 Å². The molecule has 0 bridgehead atoms. The van der Waals surface area contributed by atoms with E-state index in [-0.39, 0.29) is 12.5 Å². The molecule has 1 fully saturated rings. The number of piperazine rings is 1. The lowest BCUT2D eigenvalue weighted by molar-refractivity contribution is -0.145. The lowest BCUT2D eigenvalue weighted by Crippen LogP contribution is -2.56. The van der Waals surface area contributed by atoms with Gasteiger partial charge in [-0.1, -0.05) is 96.5 Å². The highest BCUT2D eigenvalue weighted by Crippen LogP contribution is 2.29. The van der Waals surface area contributed by atoms with Crippen LogP contribution in [0.2, 0.25) is 5.02 Å². The van der Waals surface area contributed by atoms with Crippen molar-refractivity contribution in [2.45, 2.75) is 31.7 Å². The number of hydrogen-bond donors (Lipinski definition) is 0. The molecule has 1 heterocycles. The summed E-state index contributed by atoms with van der Waals surface area (Å²) in [7, 11) is 0. The van der Waals surface area contributed by atoms with Crippen molar-refractivity contribution in [1.82, 2.24) is 14.7 Å². The molecule has 0 aliphatic carbocycles. The van der Waals surface area contributed by atoms with E-state index in [1.54, 1.807) is 17.0 Å². The molecule has 46 heavy (non-hydrogen) atoms. The van der Waals surface area contributed by atoms with E-state index in [2.05, 4.69) is 17.0 Å². The fraction of sp³-hybridized carbons (Fsp3) is 0.243. The van der Waals surface area contributed by atoms with Crippen LogP contribution in [0.4, 0.5) is 13.2 Å². The summed E-state index contributed by atoms with van der Waals surface area (Å²) in [6, 6.07) is 30.6. The van der Waals surface area contributed by atoms with Crippen molar-refractivity contribution < 1.29 is 22.8 Å². The van der Waals surface area contributed by atoms with E-state index in [9.17, 15) is 22.8 Å². The molecule has 1 aliphatic heterocycles. The van der Waals surface area contributed by atoms with Crippen LogP contribution in [0, 0.1) is 0 Å². The van der Waals surface area contributed by atoms with Crippen molar-refractivity contribution >= 4 is 29.5 Å². The van der Waals surface area contributed by atoms with E-state index in [1.165, 1.54) is 29.8 Å². The second kappa shape index (κ2) is 15.3. The van der Waals surface area contributed by atoms with Gasteiger partial charge in [0.2, 0.25) is 11.8 Å². The molecule has 4 aromatic rings. The average Bonchev–Trinajstić information content (AvgIpc) is 3.07. The first-order valence-electron chi connectivity index (χ1n) is 15.1. The van der Waals surface area contributed by atoms with Crippen molar-refractivity contribution in [1.29, 1.82) is 0 Å². The highest BCUT2D eigenvalue weighted by Gasteiger charge is 2.34. The third-order valence-electron chi connectivity index (χ3n) is 8.07. The first-order valence-corrected chi connectivity index (χ1v) is 15.5. The summed E-state index contributed by atoms with van der Waals surface area (Å²) in [5.41, 5.74) is 2.58. The maximum Gasteiger partial charge on any atom is 0.416 e. The van der Waals surface area contributed by atoms with E-state index < -0.39 is 23.7 Å². The lowest BCUT2D eigenvalue weighted by atomic mass is 10.0. The Bertz CT molecular complexity index is 1600. The largest absolute Gasteiger partial charge is 0.416 e. The molecule has 5 rings (SSSR count). The Morgan fingerprint density at radius 2 is 1.35 bits per heavy atom. The van der Waals surface area contributed by atoms with Gasteiger partial charge in [0.1, 0.15) is 6.04 Å². The molecule has 0 N–H and O–H groups in total. The number of halogens is 4. The van der Waals surface area contributed by atoms with Gasteiger partial charge in [0.25, 0.3) is 0 Å². The quantitative estimate of drug-likeness (QED) is 0.169. The molecule has 1 aliphatic rings. The molecule has 5 nitrogen and oxygen atoms in total. The number of amides is 2. The number of alkyl halides is 3. The van der Waals surface area contributed by atoms with Gasteiger partial charge >= 0.3 is 6.18 Å². The highest BCUT2D eigenvalue weighted by atomic mass is 35.5. The highest BCUT2D eigenvalue weighted by molar-refractivity contribution is 6.30. The number of rotatable bonds is 10. The van der Waals surface area contributed by atoms with E-state index in [1.807, 2.05) is 65.6 Å². The molecule has 0 radical (unpaired) electrons. The first-order chi connectivity index (χ1) is 22.2. The van der Waals surface area contributed by atoms with Crippen molar-refractivity contribution in [3.63, 3.8) is 0 Å². The van der Waals surface area contributed by atoms with Crippen LogP contribution in [-0.2, 0) is 35.3 Å². The minimum atomic E-state index is -4.45. The molecular formula is C37H35ClF3N3O2. The number of benzene rings is 4. The smallest absolute Gasteiger partial charge is 0.338 e. The summed E-state index contributed by atoms with van der Waals surface area (Å²) in [5, 5.41) is 0.550. The summed E-state index contributed by atoms with van der Waals surface area (Å²) in [5.74, 6) is -0.569. The minimum absolute atomic E-state index is 0.143. The zero-order chi connectivity index (χ0) is 32.5. The third-order valence-corrected chi connectivity index (χ3v) is 8.32. The summed E-state index contributed by atoms with van der Waals surface area (Å²) >= 11 is 6.13. The minimum Gasteiger partial charge on any atom is -0.338 e. The van der Waals surface area contributed by atoms with Gasteiger partial charge in [-0.15, -0.1) is 0 Å². The lowest BCUT2D eigenvalue weighted by Gasteiger charge is -2.39. The first kappa shape index (κ1) is 33.0. The summed E-state index contributed by atoms with van der Waals surface area (Å²) < 4.78 is 39.2. The standard InChI is InChI=1S/C37H35ClF3N3O2/c38-33-18-13-31(14-19-33)27-44(35(45)20-15-28-11-16-32(17-12-28)37(39,40)41)34(25-29-7-3-1-4-8-29)36(46)43-23-21-42(22-24-43)26-30-9-5-2-6-10-30/h1-20,34H,21-27H2/t34-/m0/s1. The maximum absolute atomic E-state index is 14.3.